The highest BCUT2D eigenvalue weighted by atomic mass is 32.2. The first-order valence-electron chi connectivity index (χ1n) is 8.83. The number of nitrogens with one attached hydrogen (secondary N) is 1. The Labute approximate surface area is 157 Å². The van der Waals surface area contributed by atoms with E-state index in [1.807, 2.05) is 24.5 Å². The lowest BCUT2D eigenvalue weighted by Gasteiger charge is -2.27. The summed E-state index contributed by atoms with van der Waals surface area (Å²) in [6, 6.07) is 8.78. The normalized spacial score (nSPS) is 19.8. The minimum absolute atomic E-state index is 0.117. The molecule has 26 heavy (non-hydrogen) atoms. The number of carbonyl (C=O) groups is 1. The summed E-state index contributed by atoms with van der Waals surface area (Å²) in [6.45, 7) is 2.23. The number of carbonyl (C=O) groups excluding carboxylic acids is 1. The molecule has 1 aromatic heterocycles. The Hall–Kier alpha value is -2.08. The van der Waals surface area contributed by atoms with Crippen LogP contribution in [0.5, 0.6) is 11.6 Å². The van der Waals surface area contributed by atoms with Crippen molar-refractivity contribution in [3.05, 3.63) is 47.9 Å². The first kappa shape index (κ1) is 18.7. The van der Waals surface area contributed by atoms with Crippen LogP contribution in [-0.4, -0.2) is 23.2 Å². The summed E-state index contributed by atoms with van der Waals surface area (Å²) >= 11 is 1.59. The van der Waals surface area contributed by atoms with E-state index in [-0.39, 0.29) is 23.4 Å². The number of hydrogen-bond donors (Lipinski definition) is 1. The van der Waals surface area contributed by atoms with Gasteiger partial charge in [-0.1, -0.05) is 13.0 Å². The second kappa shape index (κ2) is 8.54. The molecule has 1 heterocycles. The molecule has 138 valence electrons. The van der Waals surface area contributed by atoms with Gasteiger partial charge in [0, 0.05) is 10.9 Å². The summed E-state index contributed by atoms with van der Waals surface area (Å²) in [4.78, 5) is 17.7. The number of pyridine rings is 1. The number of aromatic nitrogens is 1. The molecule has 2 aromatic rings. The van der Waals surface area contributed by atoms with E-state index in [2.05, 4.69) is 17.2 Å². The smallest absolute Gasteiger partial charge is 0.257 e. The molecule has 0 atom stereocenters. The predicted octanol–water partition coefficient (Wildman–Crippen LogP) is 5.04. The van der Waals surface area contributed by atoms with Crippen LogP contribution in [0.3, 0.4) is 0 Å². The molecule has 0 spiro atoms. The number of thioether (sulfide) groups is 1. The molecule has 0 aliphatic heterocycles. The van der Waals surface area contributed by atoms with Crippen molar-refractivity contribution in [2.24, 2.45) is 5.92 Å². The molecule has 1 N–H and O–H groups in total. The predicted molar refractivity (Wildman–Crippen MR) is 101 cm³/mol. The van der Waals surface area contributed by atoms with Crippen LogP contribution in [0.4, 0.5) is 4.39 Å². The Morgan fingerprint density at radius 3 is 2.77 bits per heavy atom. The van der Waals surface area contributed by atoms with Crippen molar-refractivity contribution in [3.8, 4) is 11.6 Å². The minimum atomic E-state index is -0.558. The van der Waals surface area contributed by atoms with Crippen molar-refractivity contribution >= 4 is 17.7 Å². The first-order valence-corrected chi connectivity index (χ1v) is 10.1. The summed E-state index contributed by atoms with van der Waals surface area (Å²) in [6.07, 6.45) is 7.11. The largest absolute Gasteiger partial charge is 0.438 e. The Morgan fingerprint density at radius 2 is 2.04 bits per heavy atom. The van der Waals surface area contributed by atoms with Crippen molar-refractivity contribution in [3.63, 3.8) is 0 Å². The van der Waals surface area contributed by atoms with Crippen LogP contribution < -0.4 is 10.1 Å². The average Bonchev–Trinajstić information content (AvgIpc) is 2.65. The van der Waals surface area contributed by atoms with E-state index >= 15 is 0 Å². The molecule has 1 fully saturated rings. The van der Waals surface area contributed by atoms with Crippen molar-refractivity contribution in [1.82, 2.24) is 10.3 Å². The van der Waals surface area contributed by atoms with E-state index in [1.54, 1.807) is 17.8 Å². The van der Waals surface area contributed by atoms with E-state index < -0.39 is 5.82 Å². The van der Waals surface area contributed by atoms with E-state index in [0.29, 0.717) is 11.7 Å². The Kier molecular flexibility index (Phi) is 6.14. The second-order valence-corrected chi connectivity index (χ2v) is 7.60. The summed E-state index contributed by atoms with van der Waals surface area (Å²) in [7, 11) is 0. The third kappa shape index (κ3) is 4.75. The van der Waals surface area contributed by atoms with E-state index in [9.17, 15) is 9.18 Å². The number of rotatable bonds is 5. The van der Waals surface area contributed by atoms with Gasteiger partial charge in [0.2, 0.25) is 5.88 Å². The van der Waals surface area contributed by atoms with Crippen LogP contribution in [0.1, 0.15) is 43.0 Å². The molecule has 0 unspecified atom stereocenters. The minimum Gasteiger partial charge on any atom is -0.438 e. The van der Waals surface area contributed by atoms with E-state index in [0.717, 1.165) is 36.8 Å². The molecule has 4 nitrogen and oxygen atoms in total. The molecule has 1 aliphatic rings. The maximum absolute atomic E-state index is 13.7. The van der Waals surface area contributed by atoms with Gasteiger partial charge in [-0.05, 0) is 62.1 Å². The molecule has 1 saturated carbocycles. The Morgan fingerprint density at radius 1 is 1.27 bits per heavy atom. The quantitative estimate of drug-likeness (QED) is 0.745. The summed E-state index contributed by atoms with van der Waals surface area (Å²) in [5.74, 6) is 0.481. The van der Waals surface area contributed by atoms with Crippen LogP contribution in [-0.2, 0) is 0 Å². The van der Waals surface area contributed by atoms with Crippen molar-refractivity contribution in [2.45, 2.75) is 43.5 Å². The Balaban J connectivity index is 1.77. The van der Waals surface area contributed by atoms with Gasteiger partial charge in [0.15, 0.2) is 0 Å². The van der Waals surface area contributed by atoms with Crippen molar-refractivity contribution in [1.29, 1.82) is 0 Å². The number of ether oxygens (including phenoxy) is 1. The fraction of sp³-hybridized carbons (Fsp3) is 0.400. The highest BCUT2D eigenvalue weighted by Crippen LogP contribution is 2.28. The molecule has 1 amide bonds. The Bertz CT molecular complexity index is 776. The molecular formula is C20H23FN2O2S. The summed E-state index contributed by atoms with van der Waals surface area (Å²) in [5, 5.41) is 3.00. The zero-order valence-corrected chi connectivity index (χ0v) is 15.8. The van der Waals surface area contributed by atoms with E-state index in [4.69, 9.17) is 4.74 Å². The van der Waals surface area contributed by atoms with Crippen molar-refractivity contribution < 1.29 is 13.9 Å². The molecule has 0 saturated heterocycles. The van der Waals surface area contributed by atoms with Crippen LogP contribution in [0, 0.1) is 11.7 Å². The molecule has 1 aromatic carbocycles. The van der Waals surface area contributed by atoms with Gasteiger partial charge in [-0.15, -0.1) is 11.8 Å². The zero-order chi connectivity index (χ0) is 18.5. The number of amides is 1. The standard InChI is InChI=1S/C20H23FN2O2S/c1-13-6-8-15(9-7-13)23-19(24)18-10-14(21)12-22-20(18)25-16-4-3-5-17(11-16)26-2/h3-5,10-13,15H,6-9H2,1-2H3,(H,23,24)/t13-,15+. The second-order valence-electron chi connectivity index (χ2n) is 6.72. The van der Waals surface area contributed by atoms with Gasteiger partial charge in [0.05, 0.1) is 6.20 Å². The number of hydrogen-bond acceptors (Lipinski definition) is 4. The molecule has 0 radical (unpaired) electrons. The number of halogens is 1. The highest BCUT2D eigenvalue weighted by molar-refractivity contribution is 7.98. The lowest BCUT2D eigenvalue weighted by Crippen LogP contribution is -2.37. The summed E-state index contributed by atoms with van der Waals surface area (Å²) < 4.78 is 19.5. The van der Waals surface area contributed by atoms with E-state index in [1.165, 1.54) is 6.07 Å². The molecule has 0 bridgehead atoms. The van der Waals surface area contributed by atoms with Crippen LogP contribution in [0.2, 0.25) is 0 Å². The first-order chi connectivity index (χ1) is 12.5. The topological polar surface area (TPSA) is 51.2 Å². The van der Waals surface area contributed by atoms with Crippen molar-refractivity contribution in [2.75, 3.05) is 6.26 Å². The highest BCUT2D eigenvalue weighted by Gasteiger charge is 2.23. The van der Waals surface area contributed by atoms with Crippen LogP contribution in [0.15, 0.2) is 41.4 Å². The number of benzene rings is 1. The van der Waals surface area contributed by atoms with Crippen LogP contribution >= 0.6 is 11.8 Å². The van der Waals surface area contributed by atoms with Crippen LogP contribution in [0.25, 0.3) is 0 Å². The lowest BCUT2D eigenvalue weighted by atomic mass is 9.87. The van der Waals surface area contributed by atoms with Gasteiger partial charge < -0.3 is 10.1 Å². The van der Waals surface area contributed by atoms with Gasteiger partial charge in [0.1, 0.15) is 17.1 Å². The number of nitrogens with zero attached hydrogens (tertiary/aromatic N) is 1. The van der Waals surface area contributed by atoms with Gasteiger partial charge in [-0.3, -0.25) is 4.79 Å². The molecule has 1 aliphatic carbocycles. The fourth-order valence-corrected chi connectivity index (χ4v) is 3.56. The van der Waals surface area contributed by atoms with Gasteiger partial charge in [-0.25, -0.2) is 9.37 Å². The lowest BCUT2D eigenvalue weighted by molar-refractivity contribution is 0.0919. The van der Waals surface area contributed by atoms with Gasteiger partial charge >= 0.3 is 0 Å². The third-order valence-electron chi connectivity index (χ3n) is 4.67. The fourth-order valence-electron chi connectivity index (χ4n) is 3.11. The molecule has 6 heteroatoms. The third-order valence-corrected chi connectivity index (χ3v) is 5.39. The monoisotopic (exact) mass is 374 g/mol. The maximum atomic E-state index is 13.7. The average molecular weight is 374 g/mol. The van der Waals surface area contributed by atoms with Gasteiger partial charge in [0.25, 0.3) is 5.91 Å². The van der Waals surface area contributed by atoms with Gasteiger partial charge in [-0.2, -0.15) is 0 Å². The SMILES string of the molecule is CSc1cccc(Oc2ncc(F)cc2C(=O)N[C@H]2CC[C@@H](C)CC2)c1. The molecule has 3 rings (SSSR count). The molecular weight excluding hydrogens is 351 g/mol. The summed E-state index contributed by atoms with van der Waals surface area (Å²) in [5.41, 5.74) is 0.123. The maximum Gasteiger partial charge on any atom is 0.257 e. The zero-order valence-electron chi connectivity index (χ0n) is 15.0.